The normalized spacial score (nSPS) is 15.1. The van der Waals surface area contributed by atoms with Crippen molar-refractivity contribution < 1.29 is 4.52 Å². The molecule has 4 rings (SSSR count). The van der Waals surface area contributed by atoms with Gasteiger partial charge in [-0.3, -0.25) is 0 Å². The molecule has 0 spiro atoms. The lowest BCUT2D eigenvalue weighted by Crippen LogP contribution is -2.07. The van der Waals surface area contributed by atoms with Crippen LogP contribution in [0.1, 0.15) is 49.5 Å². The number of nitrogens with one attached hydrogen (secondary N) is 1. The highest BCUT2D eigenvalue weighted by molar-refractivity contribution is 5.67. The summed E-state index contributed by atoms with van der Waals surface area (Å²) in [5.74, 6) is 1.79. The number of nitrogens with two attached hydrogens (primary N) is 1. The highest BCUT2D eigenvalue weighted by Gasteiger charge is 2.25. The smallest absolute Gasteiger partial charge is 0.227 e. The topological polar surface area (TPSA) is 89.9 Å². The Balaban J connectivity index is 1.65. The van der Waals surface area contributed by atoms with Crippen LogP contribution in [0.25, 0.3) is 11.3 Å². The molecule has 6 heteroatoms. The zero-order valence-corrected chi connectivity index (χ0v) is 14.9. The van der Waals surface area contributed by atoms with Crippen molar-refractivity contribution in [3.63, 3.8) is 0 Å². The van der Waals surface area contributed by atoms with E-state index in [-0.39, 0.29) is 0 Å². The van der Waals surface area contributed by atoms with Gasteiger partial charge in [0, 0.05) is 23.5 Å². The van der Waals surface area contributed by atoms with Crippen LogP contribution in [0.5, 0.6) is 0 Å². The molecule has 26 heavy (non-hydrogen) atoms. The average molecular weight is 349 g/mol. The summed E-state index contributed by atoms with van der Waals surface area (Å²) in [5.41, 5.74) is 10.3. The summed E-state index contributed by atoms with van der Waals surface area (Å²) in [6.45, 7) is 1.95. The van der Waals surface area contributed by atoms with E-state index in [0.717, 1.165) is 28.4 Å². The van der Waals surface area contributed by atoms with Gasteiger partial charge in [0.1, 0.15) is 5.76 Å². The van der Waals surface area contributed by atoms with Crippen LogP contribution >= 0.6 is 0 Å². The molecule has 0 unspecified atom stereocenters. The first-order chi connectivity index (χ1) is 12.7. The van der Waals surface area contributed by atoms with E-state index in [1.54, 1.807) is 6.20 Å². The minimum absolute atomic E-state index is 0.455. The fourth-order valence-corrected chi connectivity index (χ4v) is 3.66. The van der Waals surface area contributed by atoms with E-state index in [1.165, 1.54) is 32.1 Å². The second-order valence-corrected chi connectivity index (χ2v) is 6.85. The predicted molar refractivity (Wildman–Crippen MR) is 102 cm³/mol. The third-order valence-corrected chi connectivity index (χ3v) is 4.94. The molecule has 1 aromatic carbocycles. The molecule has 0 aliphatic heterocycles. The van der Waals surface area contributed by atoms with E-state index < -0.39 is 0 Å². The van der Waals surface area contributed by atoms with Gasteiger partial charge in [-0.25, -0.2) is 9.97 Å². The second-order valence-electron chi connectivity index (χ2n) is 6.85. The van der Waals surface area contributed by atoms with Gasteiger partial charge in [-0.2, -0.15) is 0 Å². The Hall–Kier alpha value is -2.89. The number of benzene rings is 1. The number of aromatic nitrogens is 3. The van der Waals surface area contributed by atoms with E-state index in [9.17, 15) is 0 Å². The fraction of sp³-hybridized carbons (Fsp3) is 0.350. The van der Waals surface area contributed by atoms with Crippen LogP contribution in [0.15, 0.2) is 41.1 Å². The summed E-state index contributed by atoms with van der Waals surface area (Å²) in [6.07, 6.45) is 7.90. The zero-order chi connectivity index (χ0) is 17.9. The van der Waals surface area contributed by atoms with Gasteiger partial charge in [0.05, 0.1) is 17.0 Å². The first-order valence-electron chi connectivity index (χ1n) is 9.13. The van der Waals surface area contributed by atoms with E-state index in [4.69, 9.17) is 15.2 Å². The predicted octanol–water partition coefficient (Wildman–Crippen LogP) is 4.81. The van der Waals surface area contributed by atoms with Gasteiger partial charge in [-0.15, -0.1) is 0 Å². The molecule has 0 saturated heterocycles. The molecular weight excluding hydrogens is 326 g/mol. The number of nitrogens with zero attached hydrogens (tertiary/aromatic N) is 3. The van der Waals surface area contributed by atoms with Gasteiger partial charge in [0.2, 0.25) is 5.95 Å². The van der Waals surface area contributed by atoms with E-state index >= 15 is 0 Å². The molecule has 134 valence electrons. The Morgan fingerprint density at radius 3 is 2.81 bits per heavy atom. The molecule has 0 radical (unpaired) electrons. The van der Waals surface area contributed by atoms with Crippen molar-refractivity contribution in [2.45, 2.75) is 44.9 Å². The van der Waals surface area contributed by atoms with Crippen LogP contribution < -0.4 is 11.1 Å². The summed E-state index contributed by atoms with van der Waals surface area (Å²) in [5, 5.41) is 7.58. The summed E-state index contributed by atoms with van der Waals surface area (Å²) >= 11 is 0. The third kappa shape index (κ3) is 3.40. The lowest BCUT2D eigenvalue weighted by molar-refractivity contribution is 0.367. The number of rotatable bonds is 4. The SMILES string of the molecule is Cc1onc(C2CCCCC2)c1-c1ccnc(Nc2cccc(N)c2)n1. The number of aryl methyl sites for hydroxylation is 1. The van der Waals surface area contributed by atoms with Crippen LogP contribution in [0.3, 0.4) is 0 Å². The summed E-state index contributed by atoms with van der Waals surface area (Å²) in [4.78, 5) is 9.03. The van der Waals surface area contributed by atoms with Crippen molar-refractivity contribution in [1.29, 1.82) is 0 Å². The summed E-state index contributed by atoms with van der Waals surface area (Å²) in [6, 6.07) is 9.45. The largest absolute Gasteiger partial charge is 0.399 e. The van der Waals surface area contributed by atoms with E-state index in [1.807, 2.05) is 37.3 Å². The van der Waals surface area contributed by atoms with Crippen LogP contribution in [0, 0.1) is 6.92 Å². The van der Waals surface area contributed by atoms with E-state index in [0.29, 0.717) is 17.6 Å². The van der Waals surface area contributed by atoms with Gasteiger partial charge in [0.25, 0.3) is 0 Å². The first kappa shape index (κ1) is 16.6. The molecule has 0 bridgehead atoms. The lowest BCUT2D eigenvalue weighted by atomic mass is 9.85. The molecule has 2 aromatic heterocycles. The molecule has 6 nitrogen and oxygen atoms in total. The molecule has 1 aliphatic rings. The highest BCUT2D eigenvalue weighted by atomic mass is 16.5. The minimum Gasteiger partial charge on any atom is -0.399 e. The van der Waals surface area contributed by atoms with Gasteiger partial charge >= 0.3 is 0 Å². The van der Waals surface area contributed by atoms with Crippen molar-refractivity contribution in [3.05, 3.63) is 48.0 Å². The average Bonchev–Trinajstić information content (AvgIpc) is 3.04. The summed E-state index contributed by atoms with van der Waals surface area (Å²) < 4.78 is 5.53. The molecule has 1 saturated carbocycles. The Morgan fingerprint density at radius 1 is 1.15 bits per heavy atom. The fourth-order valence-electron chi connectivity index (χ4n) is 3.66. The van der Waals surface area contributed by atoms with Crippen molar-refractivity contribution in [2.75, 3.05) is 11.1 Å². The maximum atomic E-state index is 5.84. The summed E-state index contributed by atoms with van der Waals surface area (Å²) in [7, 11) is 0. The number of hydrogen-bond donors (Lipinski definition) is 2. The number of anilines is 3. The third-order valence-electron chi connectivity index (χ3n) is 4.94. The zero-order valence-electron chi connectivity index (χ0n) is 14.9. The van der Waals surface area contributed by atoms with Crippen LogP contribution in [0.4, 0.5) is 17.3 Å². The van der Waals surface area contributed by atoms with Crippen molar-refractivity contribution >= 4 is 17.3 Å². The molecule has 3 N–H and O–H groups in total. The van der Waals surface area contributed by atoms with Crippen molar-refractivity contribution in [1.82, 2.24) is 15.1 Å². The number of hydrogen-bond acceptors (Lipinski definition) is 6. The van der Waals surface area contributed by atoms with Gasteiger partial charge < -0.3 is 15.6 Å². The number of nitrogen functional groups attached to an aromatic ring is 1. The minimum atomic E-state index is 0.455. The molecule has 2 heterocycles. The monoisotopic (exact) mass is 349 g/mol. The maximum Gasteiger partial charge on any atom is 0.227 e. The molecule has 0 atom stereocenters. The van der Waals surface area contributed by atoms with Gasteiger partial charge in [-0.05, 0) is 44.0 Å². The first-order valence-corrected chi connectivity index (χ1v) is 9.13. The van der Waals surface area contributed by atoms with Gasteiger partial charge in [0.15, 0.2) is 0 Å². The Bertz CT molecular complexity index is 899. The van der Waals surface area contributed by atoms with Gasteiger partial charge in [-0.1, -0.05) is 30.5 Å². The quantitative estimate of drug-likeness (QED) is 0.657. The van der Waals surface area contributed by atoms with Crippen LogP contribution in [0.2, 0.25) is 0 Å². The van der Waals surface area contributed by atoms with Crippen LogP contribution in [-0.4, -0.2) is 15.1 Å². The second kappa shape index (κ2) is 7.15. The molecule has 3 aromatic rings. The Kier molecular flexibility index (Phi) is 4.56. The highest BCUT2D eigenvalue weighted by Crippen LogP contribution is 2.38. The van der Waals surface area contributed by atoms with Crippen molar-refractivity contribution in [3.8, 4) is 11.3 Å². The standard InChI is InChI=1S/C20H23N5O/c1-13-18(19(25-26-13)14-6-3-2-4-7-14)17-10-11-22-20(24-17)23-16-9-5-8-15(21)12-16/h5,8-12,14H,2-4,6-7,21H2,1H3,(H,22,23,24). The maximum absolute atomic E-state index is 5.84. The molecule has 1 aliphatic carbocycles. The molecular formula is C20H23N5O. The lowest BCUT2D eigenvalue weighted by Gasteiger charge is -2.20. The molecule has 1 fully saturated rings. The van der Waals surface area contributed by atoms with Crippen LogP contribution in [-0.2, 0) is 0 Å². The van der Waals surface area contributed by atoms with E-state index in [2.05, 4.69) is 15.5 Å². The molecule has 0 amide bonds. The van der Waals surface area contributed by atoms with Crippen molar-refractivity contribution in [2.24, 2.45) is 0 Å². The Morgan fingerprint density at radius 2 is 2.00 bits per heavy atom. The Labute approximate surface area is 152 Å².